The SMILES string of the molecule is C=C(CCCC(C)CC(=C)C(=O)O)C(=O)O. The molecule has 0 aliphatic heterocycles. The van der Waals surface area contributed by atoms with Crippen molar-refractivity contribution in [2.75, 3.05) is 0 Å². The highest BCUT2D eigenvalue weighted by atomic mass is 16.4. The summed E-state index contributed by atoms with van der Waals surface area (Å²) >= 11 is 0. The maximum atomic E-state index is 10.5. The van der Waals surface area contributed by atoms with Crippen molar-refractivity contribution in [1.82, 2.24) is 0 Å². The molecule has 0 rings (SSSR count). The predicted molar refractivity (Wildman–Crippen MR) is 61.2 cm³/mol. The molecule has 4 heteroatoms. The van der Waals surface area contributed by atoms with Gasteiger partial charge in [0.2, 0.25) is 0 Å². The van der Waals surface area contributed by atoms with Gasteiger partial charge >= 0.3 is 11.9 Å². The maximum Gasteiger partial charge on any atom is 0.330 e. The van der Waals surface area contributed by atoms with Crippen molar-refractivity contribution in [3.63, 3.8) is 0 Å². The van der Waals surface area contributed by atoms with Gasteiger partial charge in [-0.1, -0.05) is 26.5 Å². The summed E-state index contributed by atoms with van der Waals surface area (Å²) in [5.74, 6) is -1.74. The third kappa shape index (κ3) is 6.01. The lowest BCUT2D eigenvalue weighted by Gasteiger charge is -2.10. The van der Waals surface area contributed by atoms with Gasteiger partial charge in [-0.3, -0.25) is 0 Å². The van der Waals surface area contributed by atoms with Crippen molar-refractivity contribution in [2.45, 2.75) is 32.6 Å². The molecular formula is C12H18O4. The van der Waals surface area contributed by atoms with Crippen LogP contribution in [-0.2, 0) is 9.59 Å². The lowest BCUT2D eigenvalue weighted by atomic mass is 9.95. The zero-order valence-corrected chi connectivity index (χ0v) is 9.53. The van der Waals surface area contributed by atoms with E-state index in [-0.39, 0.29) is 17.1 Å². The van der Waals surface area contributed by atoms with E-state index in [0.717, 1.165) is 6.42 Å². The molecule has 0 amide bonds. The first-order valence-corrected chi connectivity index (χ1v) is 5.16. The van der Waals surface area contributed by atoms with Crippen LogP contribution in [0, 0.1) is 5.92 Å². The minimum absolute atomic E-state index is 0.198. The number of carboxylic acid groups (broad SMARTS) is 2. The highest BCUT2D eigenvalue weighted by molar-refractivity contribution is 5.86. The van der Waals surface area contributed by atoms with Crippen LogP contribution in [-0.4, -0.2) is 22.2 Å². The molecular weight excluding hydrogens is 208 g/mol. The summed E-state index contributed by atoms with van der Waals surface area (Å²) < 4.78 is 0. The fraction of sp³-hybridized carbons (Fsp3) is 0.500. The molecule has 0 saturated carbocycles. The Bertz CT molecular complexity index is 304. The van der Waals surface area contributed by atoms with Gasteiger partial charge in [0.1, 0.15) is 0 Å². The van der Waals surface area contributed by atoms with Crippen molar-refractivity contribution >= 4 is 11.9 Å². The first kappa shape index (κ1) is 14.4. The average molecular weight is 226 g/mol. The summed E-state index contributed by atoms with van der Waals surface area (Å²) in [6, 6.07) is 0. The van der Waals surface area contributed by atoms with Crippen molar-refractivity contribution < 1.29 is 19.8 Å². The van der Waals surface area contributed by atoms with Crippen LogP contribution in [0.3, 0.4) is 0 Å². The molecule has 16 heavy (non-hydrogen) atoms. The quantitative estimate of drug-likeness (QED) is 0.623. The van der Waals surface area contributed by atoms with E-state index in [4.69, 9.17) is 10.2 Å². The number of carboxylic acids is 2. The molecule has 2 N–H and O–H groups in total. The minimum Gasteiger partial charge on any atom is -0.478 e. The average Bonchev–Trinajstić information content (AvgIpc) is 2.16. The first-order chi connectivity index (χ1) is 7.34. The van der Waals surface area contributed by atoms with Crippen LogP contribution in [0.1, 0.15) is 32.6 Å². The van der Waals surface area contributed by atoms with E-state index in [1.54, 1.807) is 0 Å². The second-order valence-corrected chi connectivity index (χ2v) is 4.02. The normalized spacial score (nSPS) is 11.8. The van der Waals surface area contributed by atoms with Crippen molar-refractivity contribution in [2.24, 2.45) is 5.92 Å². The van der Waals surface area contributed by atoms with E-state index >= 15 is 0 Å². The third-order valence-electron chi connectivity index (χ3n) is 2.38. The number of hydrogen-bond acceptors (Lipinski definition) is 2. The Morgan fingerprint density at radius 3 is 2.06 bits per heavy atom. The van der Waals surface area contributed by atoms with Gasteiger partial charge in [0.15, 0.2) is 0 Å². The molecule has 90 valence electrons. The van der Waals surface area contributed by atoms with Gasteiger partial charge in [-0.05, 0) is 25.2 Å². The summed E-state index contributed by atoms with van der Waals surface area (Å²) in [5, 5.41) is 17.2. The van der Waals surface area contributed by atoms with Crippen LogP contribution in [0.2, 0.25) is 0 Å². The molecule has 1 unspecified atom stereocenters. The maximum absolute atomic E-state index is 10.5. The van der Waals surface area contributed by atoms with Crippen molar-refractivity contribution in [3.8, 4) is 0 Å². The predicted octanol–water partition coefficient (Wildman–Crippen LogP) is 2.46. The second-order valence-electron chi connectivity index (χ2n) is 4.02. The second kappa shape index (κ2) is 6.82. The molecule has 0 aromatic heterocycles. The molecule has 0 aliphatic rings. The summed E-state index contributed by atoms with van der Waals surface area (Å²) in [5.41, 5.74) is 0.397. The summed E-state index contributed by atoms with van der Waals surface area (Å²) in [4.78, 5) is 21.0. The molecule has 0 aromatic carbocycles. The summed E-state index contributed by atoms with van der Waals surface area (Å²) in [7, 11) is 0. The smallest absolute Gasteiger partial charge is 0.330 e. The first-order valence-electron chi connectivity index (χ1n) is 5.16. The van der Waals surface area contributed by atoms with Gasteiger partial charge in [-0.2, -0.15) is 0 Å². The molecule has 0 fully saturated rings. The van der Waals surface area contributed by atoms with Crippen molar-refractivity contribution in [1.29, 1.82) is 0 Å². The monoisotopic (exact) mass is 226 g/mol. The lowest BCUT2D eigenvalue weighted by molar-refractivity contribution is -0.133. The van der Waals surface area contributed by atoms with Crippen LogP contribution < -0.4 is 0 Å². The molecule has 0 aliphatic carbocycles. The fourth-order valence-electron chi connectivity index (χ4n) is 1.38. The van der Waals surface area contributed by atoms with E-state index in [0.29, 0.717) is 19.3 Å². The number of rotatable bonds is 8. The highest BCUT2D eigenvalue weighted by Gasteiger charge is 2.10. The zero-order valence-electron chi connectivity index (χ0n) is 9.53. The Morgan fingerprint density at radius 1 is 1.12 bits per heavy atom. The van der Waals surface area contributed by atoms with Crippen LogP contribution in [0.5, 0.6) is 0 Å². The molecule has 0 spiro atoms. The minimum atomic E-state index is -0.971. The molecule has 0 heterocycles. The Morgan fingerprint density at radius 2 is 1.62 bits per heavy atom. The molecule has 0 saturated heterocycles. The summed E-state index contributed by atoms with van der Waals surface area (Å²) in [6.45, 7) is 8.81. The van der Waals surface area contributed by atoms with Crippen LogP contribution in [0.4, 0.5) is 0 Å². The number of hydrogen-bond donors (Lipinski definition) is 2. The van der Waals surface area contributed by atoms with Gasteiger partial charge in [-0.25, -0.2) is 9.59 Å². The van der Waals surface area contributed by atoms with E-state index in [1.807, 2.05) is 6.92 Å². The van der Waals surface area contributed by atoms with Gasteiger partial charge in [0.05, 0.1) is 0 Å². The highest BCUT2D eigenvalue weighted by Crippen LogP contribution is 2.18. The lowest BCUT2D eigenvalue weighted by Crippen LogP contribution is -2.05. The third-order valence-corrected chi connectivity index (χ3v) is 2.38. The summed E-state index contributed by atoms with van der Waals surface area (Å²) in [6.07, 6.45) is 2.37. The van der Waals surface area contributed by atoms with Crippen LogP contribution in [0.15, 0.2) is 24.3 Å². The fourth-order valence-corrected chi connectivity index (χ4v) is 1.38. The largest absolute Gasteiger partial charge is 0.478 e. The van der Waals surface area contributed by atoms with Gasteiger partial charge < -0.3 is 10.2 Å². The number of carbonyl (C=O) groups is 2. The Labute approximate surface area is 95.3 Å². The van der Waals surface area contributed by atoms with Crippen LogP contribution in [0.25, 0.3) is 0 Å². The Kier molecular flexibility index (Phi) is 6.15. The molecule has 4 nitrogen and oxygen atoms in total. The van der Waals surface area contributed by atoms with Gasteiger partial charge in [0, 0.05) is 11.1 Å². The number of aliphatic carboxylic acids is 2. The van der Waals surface area contributed by atoms with E-state index < -0.39 is 11.9 Å². The van der Waals surface area contributed by atoms with Crippen LogP contribution >= 0.6 is 0 Å². The molecule has 1 atom stereocenters. The standard InChI is InChI=1S/C12H18O4/c1-8(7-10(3)12(15)16)5-4-6-9(2)11(13)14/h8H,2-7H2,1H3,(H,13,14)(H,15,16). The van der Waals surface area contributed by atoms with E-state index in [2.05, 4.69) is 13.2 Å². The van der Waals surface area contributed by atoms with E-state index in [9.17, 15) is 9.59 Å². The van der Waals surface area contributed by atoms with E-state index in [1.165, 1.54) is 0 Å². The Balaban J connectivity index is 3.78. The van der Waals surface area contributed by atoms with Gasteiger partial charge in [-0.15, -0.1) is 0 Å². The zero-order chi connectivity index (χ0) is 12.7. The van der Waals surface area contributed by atoms with Gasteiger partial charge in [0.25, 0.3) is 0 Å². The molecule has 0 bridgehead atoms. The van der Waals surface area contributed by atoms with Crippen molar-refractivity contribution in [3.05, 3.63) is 24.3 Å². The Hall–Kier alpha value is -1.58. The topological polar surface area (TPSA) is 74.6 Å². The molecule has 0 aromatic rings. The molecule has 0 radical (unpaired) electrons.